The van der Waals surface area contributed by atoms with Crippen molar-refractivity contribution < 1.29 is 23.8 Å². The summed E-state index contributed by atoms with van der Waals surface area (Å²) in [5, 5.41) is 0.532. The lowest BCUT2D eigenvalue weighted by Gasteiger charge is -2.43. The monoisotopic (exact) mass is 430 g/mol. The number of carbonyl (C=O) groups is 2. The molecule has 30 heavy (non-hydrogen) atoms. The summed E-state index contributed by atoms with van der Waals surface area (Å²) in [5.41, 5.74) is -0.555. The van der Waals surface area contributed by atoms with Crippen LogP contribution >= 0.6 is 11.6 Å². The van der Waals surface area contributed by atoms with Crippen LogP contribution < -0.4 is 9.47 Å². The Hall–Kier alpha value is -2.37. The molecule has 5 nitrogen and oxygen atoms in total. The molecule has 1 aliphatic rings. The second kappa shape index (κ2) is 8.05. The van der Waals surface area contributed by atoms with Crippen molar-refractivity contribution in [2.75, 3.05) is 7.11 Å². The van der Waals surface area contributed by atoms with E-state index < -0.39 is 17.1 Å². The van der Waals surface area contributed by atoms with Crippen molar-refractivity contribution in [2.24, 2.45) is 0 Å². The summed E-state index contributed by atoms with van der Waals surface area (Å²) in [5.74, 6) is 0.0804. The van der Waals surface area contributed by atoms with E-state index in [0.717, 1.165) is 5.56 Å². The van der Waals surface area contributed by atoms with Gasteiger partial charge >= 0.3 is 0 Å². The molecule has 1 fully saturated rings. The number of hydrogen-bond donors (Lipinski definition) is 0. The summed E-state index contributed by atoms with van der Waals surface area (Å²) in [7, 11) is 1.54. The van der Waals surface area contributed by atoms with E-state index in [1.54, 1.807) is 52.0 Å². The van der Waals surface area contributed by atoms with Gasteiger partial charge in [0.25, 0.3) is 0 Å². The van der Waals surface area contributed by atoms with E-state index >= 15 is 0 Å². The Morgan fingerprint density at radius 2 is 1.60 bits per heavy atom. The number of ether oxygens (including phenoxy) is 3. The maximum Gasteiger partial charge on any atom is 0.179 e. The molecule has 0 amide bonds. The molecule has 0 bridgehead atoms. The molecule has 3 rings (SSSR count). The minimum Gasteiger partial charge on any atom is -0.493 e. The first-order valence-electron chi connectivity index (χ1n) is 9.93. The largest absolute Gasteiger partial charge is 0.493 e. The average molecular weight is 431 g/mol. The number of methoxy groups -OCH3 is 1. The smallest absolute Gasteiger partial charge is 0.179 e. The SMILES string of the molecule is CCc1ccc(Oc2ccc(Cl)cc2OC)cc1C1C(=O)C(C)(C)OC(C)(C)C1=O. The lowest BCUT2D eigenvalue weighted by molar-refractivity contribution is -0.184. The minimum absolute atomic E-state index is 0.247. The number of aryl methyl sites for hydroxylation is 1. The molecule has 0 aromatic heterocycles. The van der Waals surface area contributed by atoms with Crippen molar-refractivity contribution in [3.8, 4) is 17.2 Å². The first-order valence-corrected chi connectivity index (χ1v) is 10.3. The number of carbonyl (C=O) groups excluding carboxylic acids is 2. The number of hydrogen-bond acceptors (Lipinski definition) is 5. The van der Waals surface area contributed by atoms with E-state index in [2.05, 4.69) is 0 Å². The van der Waals surface area contributed by atoms with Crippen LogP contribution in [0.15, 0.2) is 36.4 Å². The van der Waals surface area contributed by atoms with Crippen molar-refractivity contribution in [3.05, 3.63) is 52.5 Å². The van der Waals surface area contributed by atoms with Gasteiger partial charge in [-0.05, 0) is 69.5 Å². The van der Waals surface area contributed by atoms with Gasteiger partial charge in [-0.25, -0.2) is 0 Å². The topological polar surface area (TPSA) is 61.8 Å². The second-order valence-electron chi connectivity index (χ2n) is 8.40. The second-order valence-corrected chi connectivity index (χ2v) is 8.83. The summed E-state index contributed by atoms with van der Waals surface area (Å²) < 4.78 is 17.2. The van der Waals surface area contributed by atoms with Crippen LogP contribution in [0.4, 0.5) is 0 Å². The van der Waals surface area contributed by atoms with Crippen molar-refractivity contribution in [1.29, 1.82) is 0 Å². The molecule has 0 radical (unpaired) electrons. The summed E-state index contributed by atoms with van der Waals surface area (Å²) >= 11 is 6.03. The highest BCUT2D eigenvalue weighted by Crippen LogP contribution is 2.41. The quantitative estimate of drug-likeness (QED) is 0.585. The molecule has 0 atom stereocenters. The molecule has 2 aromatic carbocycles. The van der Waals surface area contributed by atoms with Gasteiger partial charge in [0.05, 0.1) is 7.11 Å². The van der Waals surface area contributed by atoms with Gasteiger partial charge in [0, 0.05) is 11.1 Å². The zero-order valence-electron chi connectivity index (χ0n) is 18.2. The summed E-state index contributed by atoms with van der Waals surface area (Å²) in [6, 6.07) is 10.6. The van der Waals surface area contributed by atoms with Crippen LogP contribution in [0.2, 0.25) is 5.02 Å². The van der Waals surface area contributed by atoms with E-state index in [9.17, 15) is 9.59 Å². The maximum absolute atomic E-state index is 13.2. The Labute approximate surface area is 182 Å². The normalized spacial score (nSPS) is 18.4. The highest BCUT2D eigenvalue weighted by Gasteiger charge is 2.53. The standard InChI is InChI=1S/C24H27ClO5/c1-7-14-8-10-16(29-18-11-9-15(25)12-19(18)28-6)13-17(14)20-21(26)23(2,3)30-24(4,5)22(20)27/h8-13,20H,7H2,1-6H3. The van der Waals surface area contributed by atoms with E-state index in [4.69, 9.17) is 25.8 Å². The average Bonchev–Trinajstić information content (AvgIpc) is 2.68. The molecular weight excluding hydrogens is 404 g/mol. The number of benzene rings is 2. The molecule has 0 saturated carbocycles. The molecule has 0 aliphatic carbocycles. The molecule has 0 spiro atoms. The molecule has 160 valence electrons. The summed E-state index contributed by atoms with van der Waals surface area (Å²) in [6.07, 6.45) is 0.679. The van der Waals surface area contributed by atoms with Crippen LogP contribution in [0, 0.1) is 0 Å². The van der Waals surface area contributed by atoms with Gasteiger partial charge in [0.1, 0.15) is 22.9 Å². The number of rotatable bonds is 5. The van der Waals surface area contributed by atoms with Crippen molar-refractivity contribution in [1.82, 2.24) is 0 Å². The van der Waals surface area contributed by atoms with E-state index in [1.807, 2.05) is 19.1 Å². The molecule has 1 aliphatic heterocycles. The molecule has 6 heteroatoms. The van der Waals surface area contributed by atoms with Crippen molar-refractivity contribution in [3.63, 3.8) is 0 Å². The Morgan fingerprint density at radius 1 is 0.967 bits per heavy atom. The summed E-state index contributed by atoms with van der Waals surface area (Å²) in [6.45, 7) is 8.83. The molecule has 2 aromatic rings. The predicted molar refractivity (Wildman–Crippen MR) is 116 cm³/mol. The molecule has 1 saturated heterocycles. The lowest BCUT2D eigenvalue weighted by Crippen LogP contribution is -2.58. The van der Waals surface area contributed by atoms with E-state index in [-0.39, 0.29) is 11.6 Å². The predicted octanol–water partition coefficient (Wildman–Crippen LogP) is 5.51. The van der Waals surface area contributed by atoms with Crippen LogP contribution in [0.1, 0.15) is 51.7 Å². The van der Waals surface area contributed by atoms with Gasteiger partial charge in [0.2, 0.25) is 0 Å². The zero-order chi connectivity index (χ0) is 22.3. The highest BCUT2D eigenvalue weighted by atomic mass is 35.5. The molecule has 0 N–H and O–H groups in total. The third kappa shape index (κ3) is 4.09. The lowest BCUT2D eigenvalue weighted by atomic mass is 9.73. The van der Waals surface area contributed by atoms with Gasteiger partial charge in [-0.15, -0.1) is 0 Å². The van der Waals surface area contributed by atoms with Gasteiger partial charge < -0.3 is 14.2 Å². The van der Waals surface area contributed by atoms with Crippen LogP contribution in [0.25, 0.3) is 0 Å². The fourth-order valence-corrected chi connectivity index (χ4v) is 4.08. The number of Topliss-reactive ketones (excluding diaryl/α,β-unsaturated/α-hetero) is 2. The van der Waals surface area contributed by atoms with E-state index in [0.29, 0.717) is 34.3 Å². The van der Waals surface area contributed by atoms with Crippen LogP contribution in [0.5, 0.6) is 17.2 Å². The van der Waals surface area contributed by atoms with E-state index in [1.165, 1.54) is 7.11 Å². The number of halogens is 1. The van der Waals surface area contributed by atoms with Gasteiger partial charge in [-0.3, -0.25) is 9.59 Å². The Bertz CT molecular complexity index is 967. The fourth-order valence-electron chi connectivity index (χ4n) is 3.92. The third-order valence-electron chi connectivity index (χ3n) is 5.38. The van der Waals surface area contributed by atoms with Crippen LogP contribution in [-0.4, -0.2) is 29.9 Å². The first-order chi connectivity index (χ1) is 14.0. The fraction of sp³-hybridized carbons (Fsp3) is 0.417. The maximum atomic E-state index is 13.2. The first kappa shape index (κ1) is 22.3. The highest BCUT2D eigenvalue weighted by molar-refractivity contribution is 6.30. The molecular formula is C24H27ClO5. The molecule has 0 unspecified atom stereocenters. The Balaban J connectivity index is 2.07. The Kier molecular flexibility index (Phi) is 5.99. The van der Waals surface area contributed by atoms with Gasteiger partial charge in [-0.1, -0.05) is 24.6 Å². The minimum atomic E-state index is -1.07. The van der Waals surface area contributed by atoms with Crippen LogP contribution in [-0.2, 0) is 20.7 Å². The van der Waals surface area contributed by atoms with Gasteiger partial charge in [-0.2, -0.15) is 0 Å². The Morgan fingerprint density at radius 3 is 2.17 bits per heavy atom. The zero-order valence-corrected chi connectivity index (χ0v) is 18.9. The molecule has 1 heterocycles. The van der Waals surface area contributed by atoms with Crippen LogP contribution in [0.3, 0.4) is 0 Å². The van der Waals surface area contributed by atoms with Crippen molar-refractivity contribution >= 4 is 23.2 Å². The number of ketones is 2. The third-order valence-corrected chi connectivity index (χ3v) is 5.62. The van der Waals surface area contributed by atoms with Gasteiger partial charge in [0.15, 0.2) is 23.1 Å². The van der Waals surface area contributed by atoms with Crippen molar-refractivity contribution in [2.45, 2.75) is 58.2 Å². The summed E-state index contributed by atoms with van der Waals surface area (Å²) in [4.78, 5) is 26.4.